The minimum Gasteiger partial charge on any atom is -0.493 e. The summed E-state index contributed by atoms with van der Waals surface area (Å²) >= 11 is 0. The van der Waals surface area contributed by atoms with Gasteiger partial charge in [-0.25, -0.2) is 0 Å². The summed E-state index contributed by atoms with van der Waals surface area (Å²) in [7, 11) is 0. The average Bonchev–Trinajstić information content (AvgIpc) is 2.49. The van der Waals surface area contributed by atoms with Gasteiger partial charge in [0.1, 0.15) is 18.1 Å². The van der Waals surface area contributed by atoms with Gasteiger partial charge in [0.2, 0.25) is 0 Å². The Balaban J connectivity index is 2.03. The predicted octanol–water partition coefficient (Wildman–Crippen LogP) is 4.20. The first-order valence-electron chi connectivity index (χ1n) is 7.45. The van der Waals surface area contributed by atoms with Crippen LogP contribution in [0.25, 0.3) is 0 Å². The van der Waals surface area contributed by atoms with E-state index in [0.717, 1.165) is 35.6 Å². The van der Waals surface area contributed by atoms with E-state index in [1.54, 1.807) is 0 Å². The molecule has 2 aromatic rings. The van der Waals surface area contributed by atoms with Gasteiger partial charge in [0.15, 0.2) is 0 Å². The molecule has 0 unspecified atom stereocenters. The van der Waals surface area contributed by atoms with Gasteiger partial charge in [-0.1, -0.05) is 25.5 Å². The molecule has 0 aliphatic heterocycles. The highest BCUT2D eigenvalue weighted by Gasteiger charge is 2.05. The number of aryl methyl sites for hydroxylation is 1. The molecular weight excluding hydrogens is 262 g/mol. The van der Waals surface area contributed by atoms with E-state index >= 15 is 0 Å². The number of benzene rings is 2. The van der Waals surface area contributed by atoms with Crippen molar-refractivity contribution in [3.05, 3.63) is 53.6 Å². The lowest BCUT2D eigenvalue weighted by molar-refractivity contribution is 0.286. The zero-order valence-corrected chi connectivity index (χ0v) is 12.8. The smallest absolute Gasteiger partial charge is 0.126 e. The van der Waals surface area contributed by atoms with Crippen LogP contribution in [0.2, 0.25) is 0 Å². The minimum absolute atomic E-state index is 0.452. The monoisotopic (exact) mass is 285 g/mol. The van der Waals surface area contributed by atoms with Crippen LogP contribution >= 0.6 is 0 Å². The van der Waals surface area contributed by atoms with Crippen LogP contribution in [0.1, 0.15) is 31.4 Å². The molecule has 0 spiro atoms. The third-order valence-corrected chi connectivity index (χ3v) is 3.24. The topological polar surface area (TPSA) is 44.5 Å². The third kappa shape index (κ3) is 4.42. The highest BCUT2D eigenvalue weighted by molar-refractivity contribution is 5.47. The molecule has 2 aromatic carbocycles. The summed E-state index contributed by atoms with van der Waals surface area (Å²) in [4.78, 5) is 0. The van der Waals surface area contributed by atoms with Crippen molar-refractivity contribution in [3.63, 3.8) is 0 Å². The fourth-order valence-corrected chi connectivity index (χ4v) is 2.21. The number of ether oxygens (including phenoxy) is 2. The Morgan fingerprint density at radius 3 is 2.38 bits per heavy atom. The summed E-state index contributed by atoms with van der Waals surface area (Å²) in [6, 6.07) is 13.9. The highest BCUT2D eigenvalue weighted by atomic mass is 16.5. The molecule has 3 nitrogen and oxygen atoms in total. The second kappa shape index (κ2) is 7.58. The summed E-state index contributed by atoms with van der Waals surface area (Å²) in [5.41, 5.74) is 8.86. The molecule has 0 aliphatic rings. The predicted molar refractivity (Wildman–Crippen MR) is 86.8 cm³/mol. The number of anilines is 1. The minimum atomic E-state index is 0.452. The van der Waals surface area contributed by atoms with Crippen molar-refractivity contribution in [1.82, 2.24) is 0 Å². The summed E-state index contributed by atoms with van der Waals surface area (Å²) in [5, 5.41) is 0. The van der Waals surface area contributed by atoms with E-state index in [1.165, 1.54) is 5.56 Å². The zero-order valence-electron chi connectivity index (χ0n) is 12.8. The van der Waals surface area contributed by atoms with Crippen molar-refractivity contribution in [2.75, 3.05) is 12.3 Å². The van der Waals surface area contributed by atoms with Crippen molar-refractivity contribution < 1.29 is 9.47 Å². The molecule has 2 N–H and O–H groups in total. The van der Waals surface area contributed by atoms with Crippen molar-refractivity contribution in [2.24, 2.45) is 0 Å². The van der Waals surface area contributed by atoms with Crippen LogP contribution in [0.15, 0.2) is 42.5 Å². The van der Waals surface area contributed by atoms with Gasteiger partial charge in [0, 0.05) is 11.3 Å². The van der Waals surface area contributed by atoms with Crippen LogP contribution in [-0.2, 0) is 13.0 Å². The summed E-state index contributed by atoms with van der Waals surface area (Å²) in [6.45, 7) is 5.23. The van der Waals surface area contributed by atoms with E-state index in [9.17, 15) is 0 Å². The van der Waals surface area contributed by atoms with Crippen LogP contribution in [0.3, 0.4) is 0 Å². The van der Waals surface area contributed by atoms with E-state index < -0.39 is 0 Å². The van der Waals surface area contributed by atoms with E-state index in [4.69, 9.17) is 15.2 Å². The first-order valence-corrected chi connectivity index (χ1v) is 7.45. The Morgan fingerprint density at radius 1 is 0.952 bits per heavy atom. The second-order valence-electron chi connectivity index (χ2n) is 4.98. The first kappa shape index (κ1) is 15.2. The molecule has 0 aromatic heterocycles. The molecule has 0 bridgehead atoms. The fraction of sp³-hybridized carbons (Fsp3) is 0.333. The molecule has 0 atom stereocenters. The van der Waals surface area contributed by atoms with E-state index in [-0.39, 0.29) is 0 Å². The zero-order chi connectivity index (χ0) is 15.1. The Labute approximate surface area is 126 Å². The summed E-state index contributed by atoms with van der Waals surface area (Å²) < 4.78 is 11.4. The summed E-state index contributed by atoms with van der Waals surface area (Å²) in [6.07, 6.45) is 2.26. The molecule has 0 heterocycles. The lowest BCUT2D eigenvalue weighted by Gasteiger charge is -2.12. The van der Waals surface area contributed by atoms with Gasteiger partial charge in [0.05, 0.1) is 6.61 Å². The lowest BCUT2D eigenvalue weighted by atomic mass is 10.1. The highest BCUT2D eigenvalue weighted by Crippen LogP contribution is 2.23. The van der Waals surface area contributed by atoms with Gasteiger partial charge in [-0.3, -0.25) is 0 Å². The molecule has 0 saturated carbocycles. The standard InChI is InChI=1S/C18H23NO2/c1-3-5-14-6-9-17(10-7-14)21-13-15-12-16(19)8-11-18(15)20-4-2/h6-12H,3-5,13,19H2,1-2H3. The molecule has 21 heavy (non-hydrogen) atoms. The summed E-state index contributed by atoms with van der Waals surface area (Å²) in [5.74, 6) is 1.69. The molecule has 2 rings (SSSR count). The number of hydrogen-bond donors (Lipinski definition) is 1. The molecule has 0 fully saturated rings. The van der Waals surface area contributed by atoms with E-state index in [2.05, 4.69) is 19.1 Å². The number of nitrogens with two attached hydrogens (primary N) is 1. The maximum absolute atomic E-state index is 5.83. The fourth-order valence-electron chi connectivity index (χ4n) is 2.21. The Kier molecular flexibility index (Phi) is 5.50. The quantitative estimate of drug-likeness (QED) is 0.775. The van der Waals surface area contributed by atoms with Gasteiger partial charge in [-0.15, -0.1) is 0 Å². The molecule has 3 heteroatoms. The van der Waals surface area contributed by atoms with Crippen LogP contribution in [0.4, 0.5) is 5.69 Å². The Morgan fingerprint density at radius 2 is 1.71 bits per heavy atom. The molecule has 0 aliphatic carbocycles. The van der Waals surface area contributed by atoms with Gasteiger partial charge >= 0.3 is 0 Å². The van der Waals surface area contributed by atoms with Gasteiger partial charge in [-0.2, -0.15) is 0 Å². The number of hydrogen-bond acceptors (Lipinski definition) is 3. The van der Waals surface area contributed by atoms with Gasteiger partial charge in [-0.05, 0) is 49.2 Å². The Hall–Kier alpha value is -2.16. The van der Waals surface area contributed by atoms with Crippen LogP contribution < -0.4 is 15.2 Å². The SMILES string of the molecule is CCCc1ccc(OCc2cc(N)ccc2OCC)cc1. The molecule has 0 amide bonds. The number of nitrogen functional groups attached to an aromatic ring is 1. The molecule has 112 valence electrons. The van der Waals surface area contributed by atoms with Gasteiger partial charge < -0.3 is 15.2 Å². The second-order valence-corrected chi connectivity index (χ2v) is 4.98. The molecular formula is C18H23NO2. The van der Waals surface area contributed by atoms with Crippen LogP contribution in [0.5, 0.6) is 11.5 Å². The molecule has 0 radical (unpaired) electrons. The first-order chi connectivity index (χ1) is 10.2. The van der Waals surface area contributed by atoms with Crippen molar-refractivity contribution in [1.29, 1.82) is 0 Å². The van der Waals surface area contributed by atoms with Crippen molar-refractivity contribution in [3.8, 4) is 11.5 Å². The van der Waals surface area contributed by atoms with Crippen molar-refractivity contribution >= 4 is 5.69 Å². The normalized spacial score (nSPS) is 10.4. The van der Waals surface area contributed by atoms with E-state index in [0.29, 0.717) is 13.2 Å². The molecule has 0 saturated heterocycles. The Bertz CT molecular complexity index is 564. The van der Waals surface area contributed by atoms with Crippen LogP contribution in [-0.4, -0.2) is 6.61 Å². The average molecular weight is 285 g/mol. The third-order valence-electron chi connectivity index (χ3n) is 3.24. The maximum Gasteiger partial charge on any atom is 0.126 e. The van der Waals surface area contributed by atoms with Crippen LogP contribution in [0, 0.1) is 0 Å². The number of rotatable bonds is 7. The largest absolute Gasteiger partial charge is 0.493 e. The van der Waals surface area contributed by atoms with Gasteiger partial charge in [0.25, 0.3) is 0 Å². The maximum atomic E-state index is 5.83. The van der Waals surface area contributed by atoms with E-state index in [1.807, 2.05) is 37.3 Å². The lowest BCUT2D eigenvalue weighted by Crippen LogP contribution is -2.02. The van der Waals surface area contributed by atoms with Crippen molar-refractivity contribution in [2.45, 2.75) is 33.3 Å².